The van der Waals surface area contributed by atoms with Crippen LogP contribution in [0.1, 0.15) is 68.6 Å². The van der Waals surface area contributed by atoms with Gasteiger partial charge in [-0.05, 0) is 87.1 Å². The van der Waals surface area contributed by atoms with Crippen molar-refractivity contribution in [3.63, 3.8) is 0 Å². The monoisotopic (exact) mass is 423 g/mol. The molecule has 31 heavy (non-hydrogen) atoms. The van der Waals surface area contributed by atoms with Crippen molar-refractivity contribution in [3.05, 3.63) is 59.4 Å². The van der Waals surface area contributed by atoms with E-state index in [-0.39, 0.29) is 23.9 Å². The number of carbonyl (C=O) groups excluding carboxylic acids is 1. The number of hydrogen-bond donors (Lipinski definition) is 1. The van der Waals surface area contributed by atoms with E-state index in [0.717, 1.165) is 55.6 Å². The quantitative estimate of drug-likeness (QED) is 0.668. The van der Waals surface area contributed by atoms with E-state index in [0.29, 0.717) is 23.9 Å². The van der Waals surface area contributed by atoms with Crippen LogP contribution in [-0.4, -0.2) is 18.1 Å². The average molecular weight is 424 g/mol. The lowest BCUT2D eigenvalue weighted by Gasteiger charge is -2.30. The van der Waals surface area contributed by atoms with Gasteiger partial charge in [-0.25, -0.2) is 4.39 Å². The first-order valence-corrected chi connectivity index (χ1v) is 11.6. The van der Waals surface area contributed by atoms with E-state index in [1.54, 1.807) is 12.1 Å². The van der Waals surface area contributed by atoms with E-state index < -0.39 is 0 Å². The molecule has 2 aromatic carbocycles. The minimum Gasteiger partial charge on any atom is -0.490 e. The van der Waals surface area contributed by atoms with Gasteiger partial charge in [0.25, 0.3) is 0 Å². The second kappa shape index (κ2) is 8.89. The summed E-state index contributed by atoms with van der Waals surface area (Å²) in [6.07, 6.45) is 8.51. The number of amides is 1. The lowest BCUT2D eigenvalue weighted by atomic mass is 9.92. The molecule has 0 radical (unpaired) electrons. The van der Waals surface area contributed by atoms with Crippen molar-refractivity contribution in [3.8, 4) is 11.5 Å². The highest BCUT2D eigenvalue weighted by Crippen LogP contribution is 2.38. The summed E-state index contributed by atoms with van der Waals surface area (Å²) in [6.45, 7) is 0. The highest BCUT2D eigenvalue weighted by atomic mass is 19.1. The van der Waals surface area contributed by atoms with Gasteiger partial charge in [-0.3, -0.25) is 4.79 Å². The molecule has 0 saturated heterocycles. The van der Waals surface area contributed by atoms with Crippen LogP contribution in [-0.2, 0) is 11.2 Å². The molecule has 5 heteroatoms. The summed E-state index contributed by atoms with van der Waals surface area (Å²) in [6, 6.07) is 13.1. The normalized spacial score (nSPS) is 25.3. The fraction of sp³-hybridized carbons (Fsp3) is 0.500. The number of halogens is 1. The van der Waals surface area contributed by atoms with Gasteiger partial charge >= 0.3 is 0 Å². The molecule has 2 fully saturated rings. The Hall–Kier alpha value is -2.56. The standard InChI is InChI=1S/C26H30FNO3/c27-23-4-2-1-3-22(23)25-13-7-18-16-21(12-14-24(18)31-25)30-20-10-8-19(9-11-20)28-26(29)15-17-5-6-17/h1-4,12,14,16-17,19-20,25H,5-11,13,15H2,(H,28,29). The summed E-state index contributed by atoms with van der Waals surface area (Å²) in [5.74, 6) is 2.32. The Balaban J connectivity index is 1.13. The third-order valence-corrected chi connectivity index (χ3v) is 6.74. The molecule has 0 bridgehead atoms. The number of hydrogen-bond acceptors (Lipinski definition) is 3. The van der Waals surface area contributed by atoms with Gasteiger partial charge in [-0.15, -0.1) is 0 Å². The zero-order chi connectivity index (χ0) is 21.2. The van der Waals surface area contributed by atoms with Crippen LogP contribution in [0, 0.1) is 11.7 Å². The smallest absolute Gasteiger partial charge is 0.220 e. The predicted molar refractivity (Wildman–Crippen MR) is 117 cm³/mol. The zero-order valence-corrected chi connectivity index (χ0v) is 17.8. The zero-order valence-electron chi connectivity index (χ0n) is 17.8. The molecule has 1 aliphatic heterocycles. The molecule has 4 nitrogen and oxygen atoms in total. The maximum Gasteiger partial charge on any atom is 0.220 e. The fourth-order valence-corrected chi connectivity index (χ4v) is 4.78. The maximum atomic E-state index is 14.1. The van der Waals surface area contributed by atoms with Crippen molar-refractivity contribution in [2.75, 3.05) is 0 Å². The molecule has 1 N–H and O–H groups in total. The van der Waals surface area contributed by atoms with Gasteiger partial charge in [0.15, 0.2) is 0 Å². The highest BCUT2D eigenvalue weighted by Gasteiger charge is 2.28. The molecule has 0 spiro atoms. The van der Waals surface area contributed by atoms with Crippen LogP contribution >= 0.6 is 0 Å². The molecule has 2 aliphatic carbocycles. The Bertz CT molecular complexity index is 934. The van der Waals surface area contributed by atoms with Gasteiger partial charge in [0.05, 0.1) is 6.10 Å². The number of carbonyl (C=O) groups is 1. The number of benzene rings is 2. The number of nitrogens with one attached hydrogen (secondary N) is 1. The minimum atomic E-state index is -0.245. The van der Waals surface area contributed by atoms with Crippen LogP contribution in [0.4, 0.5) is 4.39 Å². The van der Waals surface area contributed by atoms with Crippen molar-refractivity contribution in [2.45, 2.75) is 76.0 Å². The van der Waals surface area contributed by atoms with Gasteiger partial charge in [-0.1, -0.05) is 18.2 Å². The summed E-state index contributed by atoms with van der Waals surface area (Å²) in [4.78, 5) is 12.0. The highest BCUT2D eigenvalue weighted by molar-refractivity contribution is 5.76. The Morgan fingerprint density at radius 2 is 1.84 bits per heavy atom. The van der Waals surface area contributed by atoms with Crippen LogP contribution in [0.3, 0.4) is 0 Å². The number of aryl methyl sites for hydroxylation is 1. The van der Waals surface area contributed by atoms with Crippen LogP contribution in [0.2, 0.25) is 0 Å². The number of ether oxygens (including phenoxy) is 2. The molecule has 5 rings (SSSR count). The first-order chi connectivity index (χ1) is 15.1. The first-order valence-electron chi connectivity index (χ1n) is 11.6. The molecule has 1 unspecified atom stereocenters. The van der Waals surface area contributed by atoms with E-state index in [9.17, 15) is 9.18 Å². The minimum absolute atomic E-state index is 0.185. The predicted octanol–water partition coefficient (Wildman–Crippen LogP) is 5.50. The molecule has 2 aromatic rings. The third-order valence-electron chi connectivity index (χ3n) is 6.74. The molecule has 3 aliphatic rings. The lowest BCUT2D eigenvalue weighted by molar-refractivity contribution is -0.122. The Labute approximate surface area is 183 Å². The van der Waals surface area contributed by atoms with Gasteiger partial charge in [-0.2, -0.15) is 0 Å². The summed E-state index contributed by atoms with van der Waals surface area (Å²) in [7, 11) is 0. The third kappa shape index (κ3) is 5.03. The molecule has 0 aromatic heterocycles. The average Bonchev–Trinajstić information content (AvgIpc) is 3.59. The molecular weight excluding hydrogens is 393 g/mol. The SMILES string of the molecule is O=C(CC1CC1)NC1CCC(Oc2ccc3c(c2)CCC(c2ccccc2F)O3)CC1. The molecule has 1 atom stereocenters. The molecule has 1 amide bonds. The summed E-state index contributed by atoms with van der Waals surface area (Å²) in [5, 5.41) is 3.20. The van der Waals surface area contributed by atoms with Crippen LogP contribution in [0.15, 0.2) is 42.5 Å². The Morgan fingerprint density at radius 3 is 2.61 bits per heavy atom. The fourth-order valence-electron chi connectivity index (χ4n) is 4.78. The van der Waals surface area contributed by atoms with Crippen LogP contribution < -0.4 is 14.8 Å². The maximum absolute atomic E-state index is 14.1. The van der Waals surface area contributed by atoms with Gasteiger partial charge in [0.1, 0.15) is 23.4 Å². The number of rotatable bonds is 6. The van der Waals surface area contributed by atoms with Gasteiger partial charge in [0.2, 0.25) is 5.91 Å². The summed E-state index contributed by atoms with van der Waals surface area (Å²) in [5.41, 5.74) is 1.74. The van der Waals surface area contributed by atoms with Gasteiger partial charge < -0.3 is 14.8 Å². The molecule has 2 saturated carbocycles. The van der Waals surface area contributed by atoms with Crippen molar-refractivity contribution in [1.82, 2.24) is 5.32 Å². The topological polar surface area (TPSA) is 47.6 Å². The second-order valence-corrected chi connectivity index (χ2v) is 9.24. The molecule has 1 heterocycles. The first kappa shape index (κ1) is 20.3. The van der Waals surface area contributed by atoms with E-state index in [2.05, 4.69) is 11.4 Å². The van der Waals surface area contributed by atoms with E-state index in [1.165, 1.54) is 18.9 Å². The van der Waals surface area contributed by atoms with Crippen molar-refractivity contribution >= 4 is 5.91 Å². The van der Waals surface area contributed by atoms with Crippen molar-refractivity contribution in [1.29, 1.82) is 0 Å². The Morgan fingerprint density at radius 1 is 1.03 bits per heavy atom. The van der Waals surface area contributed by atoms with E-state index >= 15 is 0 Å². The van der Waals surface area contributed by atoms with Gasteiger partial charge in [0, 0.05) is 18.0 Å². The molecular formula is C26H30FNO3. The van der Waals surface area contributed by atoms with Crippen molar-refractivity contribution < 1.29 is 18.7 Å². The van der Waals surface area contributed by atoms with Crippen molar-refractivity contribution in [2.24, 2.45) is 5.92 Å². The van der Waals surface area contributed by atoms with Crippen LogP contribution in [0.5, 0.6) is 11.5 Å². The summed E-state index contributed by atoms with van der Waals surface area (Å²) < 4.78 is 26.4. The van der Waals surface area contributed by atoms with E-state index in [4.69, 9.17) is 9.47 Å². The number of fused-ring (bicyclic) bond motifs is 1. The summed E-state index contributed by atoms with van der Waals surface area (Å²) >= 11 is 0. The lowest BCUT2D eigenvalue weighted by Crippen LogP contribution is -2.39. The van der Waals surface area contributed by atoms with E-state index in [1.807, 2.05) is 18.2 Å². The Kier molecular flexibility index (Phi) is 5.84. The molecule has 164 valence electrons. The second-order valence-electron chi connectivity index (χ2n) is 9.24. The van der Waals surface area contributed by atoms with Crippen LogP contribution in [0.25, 0.3) is 0 Å². The largest absolute Gasteiger partial charge is 0.490 e.